The van der Waals surface area contributed by atoms with E-state index >= 15 is 0 Å². The first-order chi connectivity index (χ1) is 20.6. The van der Waals surface area contributed by atoms with Crippen LogP contribution in [-0.2, 0) is 26.3 Å². The third-order valence-corrected chi connectivity index (χ3v) is 11.0. The Bertz CT molecular complexity index is 1670. The number of halogens is 1. The number of likely N-dealkylation sites (N-methyl/N-ethyl adjacent to an activating group) is 2. The molecule has 1 aromatic heterocycles. The van der Waals surface area contributed by atoms with Crippen molar-refractivity contribution in [2.75, 3.05) is 40.4 Å². The van der Waals surface area contributed by atoms with E-state index < -0.39 is 16.1 Å². The second-order valence-electron chi connectivity index (χ2n) is 12.2. The van der Waals surface area contributed by atoms with Crippen LogP contribution in [0.3, 0.4) is 0 Å². The lowest BCUT2D eigenvalue weighted by molar-refractivity contribution is -0.126. The third-order valence-electron chi connectivity index (χ3n) is 9.58. The van der Waals surface area contributed by atoms with Gasteiger partial charge in [-0.25, -0.2) is 9.11 Å². The topological polar surface area (TPSA) is 101 Å². The number of amides is 2. The molecule has 230 valence electrons. The molecule has 2 unspecified atom stereocenters. The second kappa shape index (κ2) is 11.7. The maximum Gasteiger partial charge on any atom is 0.303 e. The highest BCUT2D eigenvalue weighted by Gasteiger charge is 2.38. The Morgan fingerprint density at radius 3 is 2.53 bits per heavy atom. The Morgan fingerprint density at radius 2 is 1.77 bits per heavy atom. The van der Waals surface area contributed by atoms with Crippen LogP contribution in [-0.4, -0.2) is 74.4 Å². The standard InChI is InChI=1S/C32H39FN4O5S/c1-20-26-18-23(33)10-12-24(26)30-29(21-7-5-4-6-8-21)25-11-9-22-17-28(25)37(30)19-27(20)32(39)35(2)13-15-42-16-14-36(3)43(40,41)34-31(22)38/h9-12,17-18,21,24,26H,4-8,13-16,19H2,1-3H3,(H,34,38). The number of nitrogens with zero attached hydrogens (tertiary/aromatic N) is 3. The molecular weight excluding hydrogens is 571 g/mol. The molecule has 0 spiro atoms. The van der Waals surface area contributed by atoms with Crippen molar-refractivity contribution in [2.45, 2.75) is 57.4 Å². The first-order valence-corrected chi connectivity index (χ1v) is 16.5. The normalized spacial score (nSPS) is 26.0. The fourth-order valence-corrected chi connectivity index (χ4v) is 7.93. The molecule has 2 atom stereocenters. The fraction of sp³-hybridized carbons (Fsp3) is 0.500. The summed E-state index contributed by atoms with van der Waals surface area (Å²) in [7, 11) is -0.997. The Hall–Kier alpha value is -3.28. The zero-order valence-corrected chi connectivity index (χ0v) is 25.8. The van der Waals surface area contributed by atoms with Gasteiger partial charge in [-0.15, -0.1) is 0 Å². The Labute approximate surface area is 252 Å². The summed E-state index contributed by atoms with van der Waals surface area (Å²) in [5, 5.41) is 0.992. The van der Waals surface area contributed by atoms with Crippen LogP contribution in [0.5, 0.6) is 0 Å². The van der Waals surface area contributed by atoms with E-state index in [1.165, 1.54) is 25.1 Å². The maximum atomic E-state index is 14.8. The van der Waals surface area contributed by atoms with Crippen LogP contribution in [0.25, 0.3) is 10.9 Å². The van der Waals surface area contributed by atoms with Crippen molar-refractivity contribution in [1.29, 1.82) is 0 Å². The fourth-order valence-electron chi connectivity index (χ4n) is 7.11. The van der Waals surface area contributed by atoms with E-state index in [4.69, 9.17) is 4.74 Å². The number of nitrogens with one attached hydrogen (secondary N) is 1. The maximum absolute atomic E-state index is 14.8. The minimum Gasteiger partial charge on any atom is -0.378 e. The van der Waals surface area contributed by atoms with Crippen molar-refractivity contribution in [3.8, 4) is 0 Å². The van der Waals surface area contributed by atoms with Gasteiger partial charge in [0.15, 0.2) is 0 Å². The summed E-state index contributed by atoms with van der Waals surface area (Å²) in [6, 6.07) is 5.32. The number of carbonyl (C=O) groups is 2. The number of benzene rings is 1. The lowest BCUT2D eigenvalue weighted by Gasteiger charge is -2.29. The molecule has 4 bridgehead atoms. The third kappa shape index (κ3) is 5.47. The van der Waals surface area contributed by atoms with Gasteiger partial charge in [0.25, 0.3) is 11.8 Å². The van der Waals surface area contributed by atoms with Gasteiger partial charge in [0.2, 0.25) is 0 Å². The van der Waals surface area contributed by atoms with Gasteiger partial charge >= 0.3 is 10.2 Å². The zero-order valence-electron chi connectivity index (χ0n) is 24.9. The molecule has 11 heteroatoms. The quantitative estimate of drug-likeness (QED) is 0.511. The lowest BCUT2D eigenvalue weighted by Crippen LogP contribution is -2.42. The van der Waals surface area contributed by atoms with Crippen LogP contribution in [0, 0.1) is 5.92 Å². The van der Waals surface area contributed by atoms with Crippen LogP contribution >= 0.6 is 0 Å². The molecule has 43 heavy (non-hydrogen) atoms. The van der Waals surface area contributed by atoms with Gasteiger partial charge in [0.05, 0.1) is 19.8 Å². The predicted octanol–water partition coefficient (Wildman–Crippen LogP) is 4.54. The highest BCUT2D eigenvalue weighted by atomic mass is 32.2. The summed E-state index contributed by atoms with van der Waals surface area (Å²) >= 11 is 0. The van der Waals surface area contributed by atoms with Crippen LogP contribution in [0.15, 0.2) is 53.4 Å². The van der Waals surface area contributed by atoms with Gasteiger partial charge in [-0.1, -0.05) is 37.0 Å². The van der Waals surface area contributed by atoms with Gasteiger partial charge in [-0.05, 0) is 55.5 Å². The summed E-state index contributed by atoms with van der Waals surface area (Å²) in [6.07, 6.45) is 10.5. The summed E-state index contributed by atoms with van der Waals surface area (Å²) in [6.45, 7) is 2.84. The molecule has 6 rings (SSSR count). The van der Waals surface area contributed by atoms with E-state index in [-0.39, 0.29) is 55.4 Å². The zero-order chi connectivity index (χ0) is 30.5. The lowest BCUT2D eigenvalue weighted by atomic mass is 9.75. The molecule has 1 N–H and O–H groups in total. The van der Waals surface area contributed by atoms with Crippen LogP contribution in [0.4, 0.5) is 4.39 Å². The minimum absolute atomic E-state index is 0.0367. The average Bonchev–Trinajstić information content (AvgIpc) is 3.25. The summed E-state index contributed by atoms with van der Waals surface area (Å²) < 4.78 is 51.7. The second-order valence-corrected chi connectivity index (χ2v) is 14.0. The van der Waals surface area contributed by atoms with Crippen molar-refractivity contribution in [2.24, 2.45) is 5.92 Å². The highest BCUT2D eigenvalue weighted by Crippen LogP contribution is 2.49. The van der Waals surface area contributed by atoms with Crippen molar-refractivity contribution >= 4 is 32.9 Å². The molecule has 2 amide bonds. The number of hydrogen-bond acceptors (Lipinski definition) is 5. The molecule has 0 radical (unpaired) electrons. The summed E-state index contributed by atoms with van der Waals surface area (Å²) in [4.78, 5) is 29.0. The monoisotopic (exact) mass is 610 g/mol. The molecule has 0 saturated heterocycles. The van der Waals surface area contributed by atoms with Crippen LogP contribution < -0.4 is 4.72 Å². The Balaban J connectivity index is 1.60. The van der Waals surface area contributed by atoms with E-state index in [2.05, 4.69) is 9.29 Å². The molecule has 4 aliphatic rings. The molecule has 2 aliphatic carbocycles. The van der Waals surface area contributed by atoms with Gasteiger partial charge < -0.3 is 14.2 Å². The molecule has 3 heterocycles. The Kier molecular flexibility index (Phi) is 8.08. The number of allylic oxidation sites excluding steroid dienone is 5. The number of aromatic nitrogens is 1. The van der Waals surface area contributed by atoms with E-state index in [1.54, 1.807) is 30.2 Å². The molecule has 2 aromatic rings. The van der Waals surface area contributed by atoms with Crippen LogP contribution in [0.2, 0.25) is 0 Å². The number of rotatable bonds is 1. The highest BCUT2D eigenvalue weighted by molar-refractivity contribution is 7.87. The van der Waals surface area contributed by atoms with Crippen molar-refractivity contribution in [3.05, 3.63) is 70.2 Å². The smallest absolute Gasteiger partial charge is 0.303 e. The number of fused-ring (bicyclic) bond motifs is 4. The van der Waals surface area contributed by atoms with E-state index in [0.717, 1.165) is 52.2 Å². The number of ether oxygens (including phenoxy) is 1. The number of hydrogen-bond donors (Lipinski definition) is 1. The SMILES string of the molecule is CC1=C2Cn3c(c(C4CCCCC4)c4ccc(cc43)C(=O)NS(=O)(=O)N(C)CCOCCN(C)C2=O)C2C=CC(F)=CC12. The number of carbonyl (C=O) groups excluding carboxylic acids is 2. The summed E-state index contributed by atoms with van der Waals surface area (Å²) in [5.41, 5.74) is 4.63. The van der Waals surface area contributed by atoms with Crippen LogP contribution in [0.1, 0.15) is 72.5 Å². The van der Waals surface area contributed by atoms with Crippen molar-refractivity contribution < 1.29 is 27.1 Å². The first-order valence-electron chi connectivity index (χ1n) is 15.1. The average molecular weight is 611 g/mol. The largest absolute Gasteiger partial charge is 0.378 e. The molecule has 1 aromatic carbocycles. The van der Waals surface area contributed by atoms with Gasteiger partial charge in [-0.2, -0.15) is 12.7 Å². The van der Waals surface area contributed by atoms with Crippen molar-refractivity contribution in [3.63, 3.8) is 0 Å². The summed E-state index contributed by atoms with van der Waals surface area (Å²) in [5.74, 6) is -1.45. The van der Waals surface area contributed by atoms with Gasteiger partial charge in [0.1, 0.15) is 5.83 Å². The molecule has 9 nitrogen and oxygen atoms in total. The van der Waals surface area contributed by atoms with E-state index in [1.807, 2.05) is 19.1 Å². The Morgan fingerprint density at radius 1 is 1.02 bits per heavy atom. The van der Waals surface area contributed by atoms with Gasteiger partial charge in [0, 0.05) is 66.8 Å². The molecule has 1 saturated carbocycles. The minimum atomic E-state index is -4.10. The van der Waals surface area contributed by atoms with E-state index in [0.29, 0.717) is 18.0 Å². The first kappa shape index (κ1) is 29.8. The molecule has 2 aliphatic heterocycles. The van der Waals surface area contributed by atoms with E-state index in [9.17, 15) is 22.4 Å². The predicted molar refractivity (Wildman–Crippen MR) is 162 cm³/mol. The van der Waals surface area contributed by atoms with Crippen molar-refractivity contribution in [1.82, 2.24) is 18.5 Å². The molecule has 1 fully saturated rings. The van der Waals surface area contributed by atoms with Gasteiger partial charge in [-0.3, -0.25) is 9.59 Å². The molecular formula is C32H39FN4O5S.